The van der Waals surface area contributed by atoms with E-state index in [0.717, 1.165) is 5.56 Å². The second kappa shape index (κ2) is 5.19. The van der Waals surface area contributed by atoms with Crippen LogP contribution in [-0.2, 0) is 0 Å². The van der Waals surface area contributed by atoms with E-state index in [2.05, 4.69) is 10.7 Å². The Hall–Kier alpha value is -1.86. The lowest BCUT2D eigenvalue weighted by molar-refractivity contribution is 0.618. The largest absolute Gasteiger partial charge is 0.378 e. The molecule has 1 aromatic carbocycles. The first kappa shape index (κ1) is 12.6. The lowest BCUT2D eigenvalue weighted by Crippen LogP contribution is -2.07. The number of nitrogens with zero attached hydrogens (tertiary/aromatic N) is 1. The fraction of sp³-hybridized carbons (Fsp3) is 0.214. The molecule has 0 bridgehead atoms. The minimum absolute atomic E-state index is 0.0864. The molecule has 1 heterocycles. The highest BCUT2D eigenvalue weighted by atomic mass is 32.1. The maximum Gasteiger partial charge on any atom is 0.129 e. The number of nitrogens with one attached hydrogen (secondary N) is 1. The highest BCUT2D eigenvalue weighted by molar-refractivity contribution is 7.07. The van der Waals surface area contributed by atoms with Gasteiger partial charge in [0.25, 0.3) is 0 Å². The molecule has 0 aliphatic rings. The van der Waals surface area contributed by atoms with E-state index in [9.17, 15) is 4.39 Å². The van der Waals surface area contributed by atoms with Crippen molar-refractivity contribution in [2.24, 2.45) is 0 Å². The van der Waals surface area contributed by atoms with Crippen LogP contribution < -0.4 is 5.32 Å². The Labute approximate surface area is 110 Å². The molecule has 0 fully saturated rings. The van der Waals surface area contributed by atoms with Crippen LogP contribution in [0.2, 0.25) is 0 Å². The zero-order valence-corrected chi connectivity index (χ0v) is 11.0. The van der Waals surface area contributed by atoms with Gasteiger partial charge >= 0.3 is 0 Å². The molecule has 92 valence electrons. The average Bonchev–Trinajstić information content (AvgIpc) is 2.88. The van der Waals surface area contributed by atoms with Crippen LogP contribution in [0.5, 0.6) is 0 Å². The summed E-state index contributed by atoms with van der Waals surface area (Å²) in [6.45, 7) is 3.72. The van der Waals surface area contributed by atoms with Crippen LogP contribution in [0, 0.1) is 24.1 Å². The minimum Gasteiger partial charge on any atom is -0.378 e. The Morgan fingerprint density at radius 2 is 2.22 bits per heavy atom. The molecule has 0 aliphatic carbocycles. The predicted octanol–water partition coefficient (Wildman–Crippen LogP) is 4.24. The maximum atomic E-state index is 13.6. The lowest BCUT2D eigenvalue weighted by Gasteiger charge is -2.16. The van der Waals surface area contributed by atoms with Crippen LogP contribution in [0.3, 0.4) is 0 Å². The van der Waals surface area contributed by atoms with Crippen molar-refractivity contribution in [3.63, 3.8) is 0 Å². The third kappa shape index (κ3) is 2.52. The molecule has 1 aromatic heterocycles. The second-order valence-electron chi connectivity index (χ2n) is 4.17. The van der Waals surface area contributed by atoms with Gasteiger partial charge < -0.3 is 5.32 Å². The van der Waals surface area contributed by atoms with Crippen molar-refractivity contribution in [2.75, 3.05) is 5.32 Å². The van der Waals surface area contributed by atoms with Gasteiger partial charge in [-0.05, 0) is 48.4 Å². The van der Waals surface area contributed by atoms with Gasteiger partial charge in [-0.15, -0.1) is 0 Å². The third-order valence-corrected chi connectivity index (χ3v) is 3.59. The normalized spacial score (nSPS) is 11.9. The topological polar surface area (TPSA) is 35.8 Å². The van der Waals surface area contributed by atoms with Crippen molar-refractivity contribution in [1.82, 2.24) is 0 Å². The molecule has 0 spiro atoms. The fourth-order valence-corrected chi connectivity index (χ4v) is 2.49. The maximum absolute atomic E-state index is 13.6. The van der Waals surface area contributed by atoms with Gasteiger partial charge in [0.2, 0.25) is 0 Å². The van der Waals surface area contributed by atoms with E-state index in [0.29, 0.717) is 16.8 Å². The number of hydrogen-bond acceptors (Lipinski definition) is 3. The van der Waals surface area contributed by atoms with Gasteiger partial charge in [0.1, 0.15) is 5.82 Å². The van der Waals surface area contributed by atoms with Gasteiger partial charge in [-0.25, -0.2) is 4.39 Å². The van der Waals surface area contributed by atoms with E-state index in [-0.39, 0.29) is 11.9 Å². The molecule has 1 unspecified atom stereocenters. The molecule has 2 nitrogen and oxygen atoms in total. The monoisotopic (exact) mass is 260 g/mol. The van der Waals surface area contributed by atoms with Gasteiger partial charge in [0.15, 0.2) is 0 Å². The molecule has 0 saturated heterocycles. The number of benzene rings is 1. The quantitative estimate of drug-likeness (QED) is 0.896. The highest BCUT2D eigenvalue weighted by Crippen LogP contribution is 2.26. The molecule has 4 heteroatoms. The van der Waals surface area contributed by atoms with Crippen molar-refractivity contribution in [2.45, 2.75) is 19.9 Å². The van der Waals surface area contributed by atoms with Gasteiger partial charge in [-0.3, -0.25) is 0 Å². The van der Waals surface area contributed by atoms with Crippen LogP contribution >= 0.6 is 11.3 Å². The van der Waals surface area contributed by atoms with Gasteiger partial charge in [0, 0.05) is 17.3 Å². The third-order valence-electron chi connectivity index (χ3n) is 2.89. The van der Waals surface area contributed by atoms with Crippen molar-refractivity contribution >= 4 is 17.0 Å². The van der Waals surface area contributed by atoms with Gasteiger partial charge in [-0.1, -0.05) is 0 Å². The van der Waals surface area contributed by atoms with Crippen molar-refractivity contribution in [3.8, 4) is 6.07 Å². The van der Waals surface area contributed by atoms with Crippen molar-refractivity contribution < 1.29 is 4.39 Å². The molecule has 1 atom stereocenters. The molecule has 2 aromatic rings. The van der Waals surface area contributed by atoms with E-state index in [4.69, 9.17) is 5.26 Å². The number of nitriles is 1. The summed E-state index contributed by atoms with van der Waals surface area (Å²) in [5, 5.41) is 16.2. The number of halogens is 1. The molecule has 18 heavy (non-hydrogen) atoms. The standard InChI is InChI=1S/C14H13FN2S/c1-9-13(15)5-11(7-16)6-14(9)17-10(2)12-3-4-18-8-12/h3-6,8,10,17H,1-2H3. The van der Waals surface area contributed by atoms with Crippen LogP contribution in [0.15, 0.2) is 29.0 Å². The summed E-state index contributed by atoms with van der Waals surface area (Å²) >= 11 is 1.63. The van der Waals surface area contributed by atoms with Crippen LogP contribution in [0.25, 0.3) is 0 Å². The summed E-state index contributed by atoms with van der Waals surface area (Å²) in [4.78, 5) is 0. The summed E-state index contributed by atoms with van der Waals surface area (Å²) in [7, 11) is 0. The lowest BCUT2D eigenvalue weighted by atomic mass is 10.1. The number of rotatable bonds is 3. The first-order valence-electron chi connectivity index (χ1n) is 5.60. The number of hydrogen-bond donors (Lipinski definition) is 1. The van der Waals surface area contributed by atoms with Crippen LogP contribution in [0.4, 0.5) is 10.1 Å². The molecule has 0 aliphatic heterocycles. The van der Waals surface area contributed by atoms with E-state index in [1.807, 2.05) is 24.4 Å². The Morgan fingerprint density at radius 1 is 1.44 bits per heavy atom. The summed E-state index contributed by atoms with van der Waals surface area (Å²) in [6, 6.07) is 7.02. The van der Waals surface area contributed by atoms with Crippen LogP contribution in [-0.4, -0.2) is 0 Å². The first-order valence-corrected chi connectivity index (χ1v) is 6.55. The fourth-order valence-electron chi connectivity index (χ4n) is 1.73. The Bertz CT molecular complexity index is 585. The average molecular weight is 260 g/mol. The SMILES string of the molecule is Cc1c(F)cc(C#N)cc1NC(C)c1ccsc1. The second-order valence-corrected chi connectivity index (χ2v) is 4.95. The summed E-state index contributed by atoms with van der Waals surface area (Å²) in [5.74, 6) is -0.353. The van der Waals surface area contributed by atoms with E-state index in [1.54, 1.807) is 24.3 Å². The predicted molar refractivity (Wildman–Crippen MR) is 72.2 cm³/mol. The molecule has 2 rings (SSSR count). The smallest absolute Gasteiger partial charge is 0.129 e. The number of anilines is 1. The molecule has 0 radical (unpaired) electrons. The minimum atomic E-state index is -0.353. The van der Waals surface area contributed by atoms with E-state index in [1.165, 1.54) is 6.07 Å². The molecule has 0 saturated carbocycles. The van der Waals surface area contributed by atoms with E-state index >= 15 is 0 Å². The van der Waals surface area contributed by atoms with Crippen LogP contribution in [0.1, 0.15) is 29.7 Å². The van der Waals surface area contributed by atoms with Crippen molar-refractivity contribution in [1.29, 1.82) is 5.26 Å². The summed E-state index contributed by atoms with van der Waals surface area (Å²) in [6.07, 6.45) is 0. The number of thiophene rings is 1. The molecular formula is C14H13FN2S. The van der Waals surface area contributed by atoms with Gasteiger partial charge in [0.05, 0.1) is 11.6 Å². The molecule has 1 N–H and O–H groups in total. The Morgan fingerprint density at radius 3 is 2.83 bits per heavy atom. The highest BCUT2D eigenvalue weighted by Gasteiger charge is 2.11. The molecule has 0 amide bonds. The summed E-state index contributed by atoms with van der Waals surface area (Å²) in [5.41, 5.74) is 2.70. The zero-order chi connectivity index (χ0) is 13.1. The zero-order valence-electron chi connectivity index (χ0n) is 10.2. The van der Waals surface area contributed by atoms with Crippen molar-refractivity contribution in [3.05, 3.63) is 51.5 Å². The summed E-state index contributed by atoms with van der Waals surface area (Å²) < 4.78 is 13.6. The molecular weight excluding hydrogens is 247 g/mol. The first-order chi connectivity index (χ1) is 8.61. The Balaban J connectivity index is 2.29. The Kier molecular flexibility index (Phi) is 3.63. The van der Waals surface area contributed by atoms with Gasteiger partial charge in [-0.2, -0.15) is 16.6 Å². The van der Waals surface area contributed by atoms with E-state index < -0.39 is 0 Å².